The Hall–Kier alpha value is -0.770. The highest BCUT2D eigenvalue weighted by molar-refractivity contribution is 5.69. The summed E-state index contributed by atoms with van der Waals surface area (Å²) in [5.41, 5.74) is -0.468. The van der Waals surface area contributed by atoms with Crippen LogP contribution in [-0.4, -0.2) is 40.4 Å². The van der Waals surface area contributed by atoms with Crippen LogP contribution in [0.3, 0.4) is 0 Å². The van der Waals surface area contributed by atoms with Crippen LogP contribution in [0, 0.1) is 0 Å². The van der Waals surface area contributed by atoms with Crippen molar-refractivity contribution in [2.45, 2.75) is 51.9 Å². The van der Waals surface area contributed by atoms with Crippen molar-refractivity contribution < 1.29 is 14.6 Å². The average Bonchev–Trinajstić information content (AvgIpc) is 2.26. The topological polar surface area (TPSA) is 49.8 Å². The molecule has 1 aliphatic heterocycles. The number of amides is 1. The summed E-state index contributed by atoms with van der Waals surface area (Å²) >= 11 is 0. The molecular weight excluding hydrogens is 182 g/mol. The molecule has 0 spiro atoms. The first kappa shape index (κ1) is 11.3. The summed E-state index contributed by atoms with van der Waals surface area (Å²) < 4.78 is 5.22. The number of ether oxygens (including phenoxy) is 1. The fourth-order valence-electron chi connectivity index (χ4n) is 1.58. The Kier molecular flexibility index (Phi) is 3.04. The first-order chi connectivity index (χ1) is 6.29. The number of aliphatic hydroxyl groups is 1. The van der Waals surface area contributed by atoms with Crippen LogP contribution in [0.15, 0.2) is 0 Å². The Morgan fingerprint density at radius 1 is 1.50 bits per heavy atom. The quantitative estimate of drug-likeness (QED) is 0.644. The van der Waals surface area contributed by atoms with Crippen molar-refractivity contribution in [1.82, 2.24) is 4.90 Å². The Morgan fingerprint density at radius 3 is 2.43 bits per heavy atom. The molecule has 0 aliphatic carbocycles. The van der Waals surface area contributed by atoms with E-state index >= 15 is 0 Å². The highest BCUT2D eigenvalue weighted by Crippen LogP contribution is 2.20. The van der Waals surface area contributed by atoms with Gasteiger partial charge < -0.3 is 14.7 Å². The molecule has 1 rings (SSSR count). The third-order valence-electron chi connectivity index (χ3n) is 2.18. The van der Waals surface area contributed by atoms with Crippen molar-refractivity contribution in [3.05, 3.63) is 0 Å². The fraction of sp³-hybridized carbons (Fsp3) is 0.900. The van der Waals surface area contributed by atoms with Gasteiger partial charge in [-0.15, -0.1) is 0 Å². The minimum atomic E-state index is -0.468. The maximum atomic E-state index is 11.6. The third kappa shape index (κ3) is 2.87. The van der Waals surface area contributed by atoms with Gasteiger partial charge in [0.05, 0.1) is 12.6 Å². The smallest absolute Gasteiger partial charge is 0.410 e. The standard InChI is InChI=1S/C10H19NO3/c1-7-5-8(12)6-11(7)9(13)14-10(2,3)4/h7-8,12H,5-6H2,1-4H3. The second-order valence-electron chi connectivity index (χ2n) is 4.87. The first-order valence-electron chi connectivity index (χ1n) is 4.97. The van der Waals surface area contributed by atoms with Crippen LogP contribution in [0.2, 0.25) is 0 Å². The van der Waals surface area contributed by atoms with Crippen LogP contribution in [0.25, 0.3) is 0 Å². The number of β-amino-alcohol motifs (C(OH)–C–C–N with tert-alkyl or cyclic N) is 1. The van der Waals surface area contributed by atoms with Crippen LogP contribution < -0.4 is 0 Å². The fourth-order valence-corrected chi connectivity index (χ4v) is 1.58. The van der Waals surface area contributed by atoms with Gasteiger partial charge in [0.2, 0.25) is 0 Å². The number of likely N-dealkylation sites (tertiary alicyclic amines) is 1. The monoisotopic (exact) mass is 201 g/mol. The van der Waals surface area contributed by atoms with E-state index in [4.69, 9.17) is 4.74 Å². The van der Waals surface area contributed by atoms with Gasteiger partial charge >= 0.3 is 6.09 Å². The SMILES string of the molecule is CC1CC(O)CN1C(=O)OC(C)(C)C. The molecule has 2 unspecified atom stereocenters. The van der Waals surface area contributed by atoms with Gasteiger partial charge in [-0.25, -0.2) is 4.79 Å². The van der Waals surface area contributed by atoms with Crippen LogP contribution in [0.4, 0.5) is 4.79 Å². The Morgan fingerprint density at radius 2 is 2.07 bits per heavy atom. The minimum Gasteiger partial charge on any atom is -0.444 e. The van der Waals surface area contributed by atoms with E-state index in [0.717, 1.165) is 0 Å². The van der Waals surface area contributed by atoms with E-state index in [0.29, 0.717) is 13.0 Å². The van der Waals surface area contributed by atoms with E-state index < -0.39 is 11.7 Å². The highest BCUT2D eigenvalue weighted by atomic mass is 16.6. The zero-order valence-electron chi connectivity index (χ0n) is 9.28. The van der Waals surface area contributed by atoms with Crippen molar-refractivity contribution in [2.75, 3.05) is 6.54 Å². The van der Waals surface area contributed by atoms with Gasteiger partial charge in [0.25, 0.3) is 0 Å². The largest absolute Gasteiger partial charge is 0.444 e. The van der Waals surface area contributed by atoms with Gasteiger partial charge in [0.15, 0.2) is 0 Å². The van der Waals surface area contributed by atoms with Crippen LogP contribution in [-0.2, 0) is 4.74 Å². The Labute approximate surface area is 84.8 Å². The van der Waals surface area contributed by atoms with Gasteiger partial charge in [-0.1, -0.05) is 0 Å². The summed E-state index contributed by atoms with van der Waals surface area (Å²) in [6.07, 6.45) is -0.0988. The molecule has 2 atom stereocenters. The third-order valence-corrected chi connectivity index (χ3v) is 2.18. The number of hydrogen-bond donors (Lipinski definition) is 1. The van der Waals surface area contributed by atoms with Crippen LogP contribution >= 0.6 is 0 Å². The normalized spacial score (nSPS) is 27.9. The van der Waals surface area contributed by atoms with E-state index in [-0.39, 0.29) is 12.1 Å². The van der Waals surface area contributed by atoms with E-state index in [1.54, 1.807) is 4.90 Å². The van der Waals surface area contributed by atoms with Crippen molar-refractivity contribution in [3.8, 4) is 0 Å². The van der Waals surface area contributed by atoms with E-state index in [9.17, 15) is 9.90 Å². The molecule has 1 N–H and O–H groups in total. The molecule has 14 heavy (non-hydrogen) atoms. The number of hydrogen-bond acceptors (Lipinski definition) is 3. The molecule has 0 aromatic rings. The molecular formula is C10H19NO3. The molecule has 0 aromatic heterocycles. The summed E-state index contributed by atoms with van der Waals surface area (Å²) in [6, 6.07) is 0.0693. The highest BCUT2D eigenvalue weighted by Gasteiger charge is 2.33. The number of aliphatic hydroxyl groups excluding tert-OH is 1. The Balaban J connectivity index is 2.53. The summed E-state index contributed by atoms with van der Waals surface area (Å²) in [5.74, 6) is 0. The van der Waals surface area contributed by atoms with Crippen molar-refractivity contribution in [1.29, 1.82) is 0 Å². The molecule has 82 valence electrons. The lowest BCUT2D eigenvalue weighted by atomic mass is 10.2. The molecule has 0 aromatic carbocycles. The summed E-state index contributed by atoms with van der Waals surface area (Å²) in [5, 5.41) is 9.37. The lowest BCUT2D eigenvalue weighted by Crippen LogP contribution is -2.39. The van der Waals surface area contributed by atoms with Gasteiger partial charge in [0, 0.05) is 6.04 Å². The molecule has 1 saturated heterocycles. The van der Waals surface area contributed by atoms with E-state index in [1.165, 1.54) is 0 Å². The summed E-state index contributed by atoms with van der Waals surface area (Å²) in [6.45, 7) is 7.81. The molecule has 0 saturated carbocycles. The predicted octanol–water partition coefficient (Wildman–Crippen LogP) is 1.38. The van der Waals surface area contributed by atoms with Crippen LogP contribution in [0.5, 0.6) is 0 Å². The lowest BCUT2D eigenvalue weighted by Gasteiger charge is -2.26. The number of rotatable bonds is 0. The zero-order valence-corrected chi connectivity index (χ0v) is 9.28. The van der Waals surface area contributed by atoms with Crippen LogP contribution in [0.1, 0.15) is 34.1 Å². The molecule has 1 aliphatic rings. The zero-order chi connectivity index (χ0) is 10.9. The van der Waals surface area contributed by atoms with E-state index in [1.807, 2.05) is 27.7 Å². The molecule has 4 heteroatoms. The minimum absolute atomic E-state index is 0.0693. The van der Waals surface area contributed by atoms with E-state index in [2.05, 4.69) is 0 Å². The maximum Gasteiger partial charge on any atom is 0.410 e. The number of carbonyl (C=O) groups excluding carboxylic acids is 1. The van der Waals surface area contributed by atoms with Gasteiger partial charge in [0.1, 0.15) is 5.60 Å². The lowest BCUT2D eigenvalue weighted by molar-refractivity contribution is 0.0220. The molecule has 1 heterocycles. The van der Waals surface area contributed by atoms with Gasteiger partial charge in [-0.3, -0.25) is 0 Å². The second-order valence-corrected chi connectivity index (χ2v) is 4.87. The molecule has 1 fully saturated rings. The molecule has 0 bridgehead atoms. The maximum absolute atomic E-state index is 11.6. The van der Waals surface area contributed by atoms with Crippen molar-refractivity contribution in [3.63, 3.8) is 0 Å². The van der Waals surface area contributed by atoms with Crippen molar-refractivity contribution >= 4 is 6.09 Å². The number of nitrogens with zero attached hydrogens (tertiary/aromatic N) is 1. The van der Waals surface area contributed by atoms with Crippen molar-refractivity contribution in [2.24, 2.45) is 0 Å². The summed E-state index contributed by atoms with van der Waals surface area (Å²) in [4.78, 5) is 13.2. The molecule has 0 radical (unpaired) electrons. The first-order valence-corrected chi connectivity index (χ1v) is 4.97. The summed E-state index contributed by atoms with van der Waals surface area (Å²) in [7, 11) is 0. The van der Waals surface area contributed by atoms with Gasteiger partial charge in [-0.05, 0) is 34.1 Å². The Bertz CT molecular complexity index is 222. The number of carbonyl (C=O) groups is 1. The average molecular weight is 201 g/mol. The molecule has 4 nitrogen and oxygen atoms in total. The molecule has 1 amide bonds. The second kappa shape index (κ2) is 3.77. The van der Waals surface area contributed by atoms with Gasteiger partial charge in [-0.2, -0.15) is 0 Å². The predicted molar refractivity (Wildman–Crippen MR) is 53.0 cm³/mol.